The van der Waals surface area contributed by atoms with Crippen LogP contribution in [0.3, 0.4) is 0 Å². The van der Waals surface area contributed by atoms with E-state index in [1.807, 2.05) is 14.0 Å². The number of nitrogens with zero attached hydrogens (tertiary/aromatic N) is 5. The second-order valence-corrected chi connectivity index (χ2v) is 5.59. The lowest BCUT2D eigenvalue weighted by atomic mass is 10.2. The van der Waals surface area contributed by atoms with Gasteiger partial charge in [-0.2, -0.15) is 18.3 Å². The van der Waals surface area contributed by atoms with Gasteiger partial charge in [-0.25, -0.2) is 0 Å². The quantitative estimate of drug-likeness (QED) is 0.853. The summed E-state index contributed by atoms with van der Waals surface area (Å²) in [5.41, 5.74) is -0.955. The SMILES string of the molecule is C[C@@H]1CN(C)C[C@H](c2nnc(Cn3ccc(C(F)(F)F)n3)o2)O1. The molecule has 7 nitrogen and oxygen atoms in total. The molecule has 0 N–H and O–H groups in total. The summed E-state index contributed by atoms with van der Waals surface area (Å²) < 4.78 is 49.9. The van der Waals surface area contributed by atoms with Crippen LogP contribution in [0.4, 0.5) is 13.2 Å². The van der Waals surface area contributed by atoms with Gasteiger partial charge in [0.05, 0.1) is 6.10 Å². The fraction of sp³-hybridized carbons (Fsp3) is 0.615. The third kappa shape index (κ3) is 3.70. The van der Waals surface area contributed by atoms with Crippen LogP contribution in [0.5, 0.6) is 0 Å². The maximum atomic E-state index is 12.5. The summed E-state index contributed by atoms with van der Waals surface area (Å²) in [4.78, 5) is 2.09. The minimum atomic E-state index is -4.47. The zero-order valence-corrected chi connectivity index (χ0v) is 12.6. The van der Waals surface area contributed by atoms with E-state index in [-0.39, 0.29) is 24.6 Å². The van der Waals surface area contributed by atoms with Crippen molar-refractivity contribution >= 4 is 0 Å². The molecule has 0 unspecified atom stereocenters. The van der Waals surface area contributed by atoms with E-state index in [9.17, 15) is 13.2 Å². The van der Waals surface area contributed by atoms with Crippen LogP contribution in [0.15, 0.2) is 16.7 Å². The molecule has 2 atom stereocenters. The molecule has 1 saturated heterocycles. The molecule has 2 aromatic heterocycles. The molecule has 2 aromatic rings. The topological polar surface area (TPSA) is 69.2 Å². The predicted molar refractivity (Wildman–Crippen MR) is 71.4 cm³/mol. The lowest BCUT2D eigenvalue weighted by Crippen LogP contribution is -2.40. The number of hydrogen-bond donors (Lipinski definition) is 0. The number of aromatic nitrogens is 4. The molecule has 0 aliphatic carbocycles. The molecule has 126 valence electrons. The highest BCUT2D eigenvalue weighted by Crippen LogP contribution is 2.27. The Hall–Kier alpha value is -1.94. The highest BCUT2D eigenvalue weighted by molar-refractivity contribution is 5.04. The number of alkyl halides is 3. The first-order valence-electron chi connectivity index (χ1n) is 7.08. The molecule has 1 aliphatic rings. The Morgan fingerprint density at radius 3 is 2.74 bits per heavy atom. The number of likely N-dealkylation sites (N-methyl/N-ethyl adjacent to an activating group) is 1. The second-order valence-electron chi connectivity index (χ2n) is 5.59. The molecule has 10 heteroatoms. The zero-order valence-electron chi connectivity index (χ0n) is 12.6. The van der Waals surface area contributed by atoms with E-state index in [4.69, 9.17) is 9.15 Å². The maximum Gasteiger partial charge on any atom is 0.435 e. The van der Waals surface area contributed by atoms with Gasteiger partial charge in [-0.1, -0.05) is 0 Å². The Kier molecular flexibility index (Phi) is 4.11. The van der Waals surface area contributed by atoms with Crippen molar-refractivity contribution in [2.75, 3.05) is 20.1 Å². The third-order valence-electron chi connectivity index (χ3n) is 3.43. The average Bonchev–Trinajstić information content (AvgIpc) is 3.06. The van der Waals surface area contributed by atoms with Gasteiger partial charge < -0.3 is 14.1 Å². The van der Waals surface area contributed by atoms with Crippen molar-refractivity contribution in [3.8, 4) is 0 Å². The van der Waals surface area contributed by atoms with Gasteiger partial charge in [0.2, 0.25) is 11.8 Å². The van der Waals surface area contributed by atoms with Crippen LogP contribution in [0.2, 0.25) is 0 Å². The van der Waals surface area contributed by atoms with E-state index in [0.717, 1.165) is 17.3 Å². The van der Waals surface area contributed by atoms with Gasteiger partial charge in [0.25, 0.3) is 0 Å². The highest BCUT2D eigenvalue weighted by atomic mass is 19.4. The number of morpholine rings is 1. The molecule has 0 aromatic carbocycles. The Morgan fingerprint density at radius 1 is 1.30 bits per heavy atom. The summed E-state index contributed by atoms with van der Waals surface area (Å²) in [6, 6.07) is 0.901. The first kappa shape index (κ1) is 15.9. The van der Waals surface area contributed by atoms with Crippen LogP contribution in [0, 0.1) is 0 Å². The van der Waals surface area contributed by atoms with Crippen LogP contribution in [-0.2, 0) is 17.5 Å². The third-order valence-corrected chi connectivity index (χ3v) is 3.43. The lowest BCUT2D eigenvalue weighted by molar-refractivity contribution is -0.141. The van der Waals surface area contributed by atoms with Crippen LogP contribution < -0.4 is 0 Å². The molecule has 1 fully saturated rings. The number of hydrogen-bond acceptors (Lipinski definition) is 6. The molecule has 3 heterocycles. The van der Waals surface area contributed by atoms with E-state index >= 15 is 0 Å². The van der Waals surface area contributed by atoms with Gasteiger partial charge in [0.1, 0.15) is 12.6 Å². The largest absolute Gasteiger partial charge is 0.435 e. The van der Waals surface area contributed by atoms with E-state index in [0.29, 0.717) is 12.4 Å². The van der Waals surface area contributed by atoms with Crippen LogP contribution in [0.1, 0.15) is 30.5 Å². The van der Waals surface area contributed by atoms with Gasteiger partial charge in [0.15, 0.2) is 5.69 Å². The zero-order chi connectivity index (χ0) is 16.6. The van der Waals surface area contributed by atoms with Crippen molar-refractivity contribution in [3.63, 3.8) is 0 Å². The van der Waals surface area contributed by atoms with Crippen molar-refractivity contribution in [1.82, 2.24) is 24.9 Å². The van der Waals surface area contributed by atoms with Crippen molar-refractivity contribution < 1.29 is 22.3 Å². The summed E-state index contributed by atoms with van der Waals surface area (Å²) in [7, 11) is 1.96. The maximum absolute atomic E-state index is 12.5. The van der Waals surface area contributed by atoms with Crippen LogP contribution >= 0.6 is 0 Å². The van der Waals surface area contributed by atoms with Crippen molar-refractivity contribution in [2.45, 2.75) is 31.9 Å². The molecule has 3 rings (SSSR count). The smallest absolute Gasteiger partial charge is 0.420 e. The second kappa shape index (κ2) is 5.93. The molecular formula is C13H16F3N5O2. The highest BCUT2D eigenvalue weighted by Gasteiger charge is 2.33. The van der Waals surface area contributed by atoms with E-state index < -0.39 is 11.9 Å². The molecule has 0 bridgehead atoms. The number of halogens is 3. The van der Waals surface area contributed by atoms with Gasteiger partial charge in [-0.05, 0) is 20.0 Å². The fourth-order valence-electron chi connectivity index (χ4n) is 2.50. The lowest BCUT2D eigenvalue weighted by Gasteiger charge is -2.32. The Morgan fingerprint density at radius 2 is 2.09 bits per heavy atom. The Balaban J connectivity index is 1.69. The monoisotopic (exact) mass is 331 g/mol. The Bertz CT molecular complexity index is 659. The standard InChI is InChI=1S/C13H16F3N5O2/c1-8-5-20(2)6-9(22-8)12-18-17-11(23-12)7-21-4-3-10(19-21)13(14,15)16/h3-4,8-9H,5-7H2,1-2H3/t8-,9-/m1/s1. The number of rotatable bonds is 3. The van der Waals surface area contributed by atoms with Crippen molar-refractivity contribution in [2.24, 2.45) is 0 Å². The average molecular weight is 331 g/mol. The van der Waals surface area contributed by atoms with Gasteiger partial charge in [-0.15, -0.1) is 10.2 Å². The van der Waals surface area contributed by atoms with Crippen molar-refractivity contribution in [1.29, 1.82) is 0 Å². The molecule has 0 spiro atoms. The summed E-state index contributed by atoms with van der Waals surface area (Å²) in [5, 5.41) is 11.2. The first-order valence-corrected chi connectivity index (χ1v) is 7.08. The number of ether oxygens (including phenoxy) is 1. The summed E-state index contributed by atoms with van der Waals surface area (Å²) >= 11 is 0. The Labute approximate surface area is 130 Å². The molecule has 23 heavy (non-hydrogen) atoms. The summed E-state index contributed by atoms with van der Waals surface area (Å²) in [5.74, 6) is 0.503. The molecular weight excluding hydrogens is 315 g/mol. The minimum Gasteiger partial charge on any atom is -0.420 e. The van der Waals surface area contributed by atoms with Crippen LogP contribution in [0.25, 0.3) is 0 Å². The molecule has 1 aliphatic heterocycles. The summed E-state index contributed by atoms with van der Waals surface area (Å²) in [6.07, 6.45) is -3.55. The van der Waals surface area contributed by atoms with E-state index in [1.165, 1.54) is 6.20 Å². The normalized spacial score (nSPS) is 23.3. The van der Waals surface area contributed by atoms with Gasteiger partial charge >= 0.3 is 6.18 Å². The van der Waals surface area contributed by atoms with Gasteiger partial charge in [0, 0.05) is 19.3 Å². The predicted octanol–water partition coefficient (Wildman–Crippen LogP) is 1.72. The first-order chi connectivity index (χ1) is 10.8. The molecule has 0 radical (unpaired) electrons. The minimum absolute atomic E-state index is 0.0266. The fourth-order valence-corrected chi connectivity index (χ4v) is 2.50. The van der Waals surface area contributed by atoms with Crippen molar-refractivity contribution in [3.05, 3.63) is 29.7 Å². The molecule has 0 amide bonds. The summed E-state index contributed by atoms with van der Waals surface area (Å²) in [6.45, 7) is 3.35. The van der Waals surface area contributed by atoms with Gasteiger partial charge in [-0.3, -0.25) is 4.68 Å². The van der Waals surface area contributed by atoms with E-state index in [1.54, 1.807) is 0 Å². The van der Waals surface area contributed by atoms with E-state index in [2.05, 4.69) is 20.2 Å². The molecule has 0 saturated carbocycles. The van der Waals surface area contributed by atoms with Crippen LogP contribution in [-0.4, -0.2) is 51.1 Å².